The smallest absolute Gasteiger partial charge is 0.268 e. The number of anilines is 2. The van der Waals surface area contributed by atoms with E-state index in [0.29, 0.717) is 21.8 Å². The van der Waals surface area contributed by atoms with Crippen molar-refractivity contribution < 1.29 is 19.2 Å². The minimum Gasteiger partial charge on any atom is -0.313 e. The fourth-order valence-corrected chi connectivity index (χ4v) is 3.43. The minimum atomic E-state index is -0.387. The highest BCUT2D eigenvalue weighted by atomic mass is 32.1. The molecular weight excluding hydrogens is 368 g/mol. The van der Waals surface area contributed by atoms with Crippen LogP contribution in [-0.4, -0.2) is 42.7 Å². The number of benzene rings is 1. The van der Waals surface area contributed by atoms with Crippen LogP contribution >= 0.6 is 11.3 Å². The maximum atomic E-state index is 12.5. The lowest BCUT2D eigenvalue weighted by Crippen LogP contribution is -2.36. The molecule has 1 saturated heterocycles. The van der Waals surface area contributed by atoms with Gasteiger partial charge in [-0.2, -0.15) is 0 Å². The molecule has 2 N–H and O–H groups in total. The van der Waals surface area contributed by atoms with E-state index in [9.17, 15) is 19.2 Å². The van der Waals surface area contributed by atoms with Crippen LogP contribution in [0.3, 0.4) is 0 Å². The maximum absolute atomic E-state index is 12.5. The molecule has 27 heavy (non-hydrogen) atoms. The average molecular weight is 386 g/mol. The molecular formula is C18H18N4O4S. The van der Waals surface area contributed by atoms with E-state index in [4.69, 9.17) is 0 Å². The number of hydrogen-bond acceptors (Lipinski definition) is 6. The van der Waals surface area contributed by atoms with E-state index < -0.39 is 0 Å². The van der Waals surface area contributed by atoms with Crippen molar-refractivity contribution in [2.45, 2.75) is 12.8 Å². The predicted octanol–water partition coefficient (Wildman–Crippen LogP) is 1.86. The van der Waals surface area contributed by atoms with Crippen LogP contribution in [0.5, 0.6) is 0 Å². The molecule has 3 rings (SSSR count). The molecule has 140 valence electrons. The van der Waals surface area contributed by atoms with E-state index in [1.165, 1.54) is 28.5 Å². The van der Waals surface area contributed by atoms with E-state index in [1.807, 2.05) is 0 Å². The Hall–Kier alpha value is -3.04. The summed E-state index contributed by atoms with van der Waals surface area (Å²) >= 11 is 1.24. The van der Waals surface area contributed by atoms with E-state index in [2.05, 4.69) is 10.7 Å². The summed E-state index contributed by atoms with van der Waals surface area (Å²) in [6.45, 7) is 0. The Labute approximate surface area is 159 Å². The van der Waals surface area contributed by atoms with E-state index in [-0.39, 0.29) is 36.5 Å². The number of amides is 4. The Morgan fingerprint density at radius 3 is 2.22 bits per heavy atom. The number of hydrogen-bond donors (Lipinski definition) is 2. The van der Waals surface area contributed by atoms with Gasteiger partial charge in [-0.15, -0.1) is 11.3 Å². The Morgan fingerprint density at radius 2 is 1.63 bits per heavy atom. The molecule has 1 aromatic carbocycles. The zero-order valence-electron chi connectivity index (χ0n) is 14.8. The lowest BCUT2D eigenvalue weighted by Gasteiger charge is -2.14. The number of imide groups is 1. The molecule has 1 fully saturated rings. The van der Waals surface area contributed by atoms with Gasteiger partial charge in [0.05, 0.1) is 11.3 Å². The molecule has 0 unspecified atom stereocenters. The number of rotatable bonds is 5. The van der Waals surface area contributed by atoms with E-state index in [0.717, 1.165) is 4.90 Å². The van der Waals surface area contributed by atoms with Crippen molar-refractivity contribution in [3.05, 3.63) is 46.8 Å². The Morgan fingerprint density at radius 1 is 1.00 bits per heavy atom. The van der Waals surface area contributed by atoms with Gasteiger partial charge in [-0.25, -0.2) is 5.01 Å². The van der Waals surface area contributed by atoms with Crippen LogP contribution in [0.15, 0.2) is 35.7 Å². The van der Waals surface area contributed by atoms with Gasteiger partial charge in [-0.05, 0) is 35.7 Å². The second kappa shape index (κ2) is 7.68. The lowest BCUT2D eigenvalue weighted by molar-refractivity contribution is -0.121. The van der Waals surface area contributed by atoms with Crippen molar-refractivity contribution in [2.24, 2.45) is 0 Å². The molecule has 2 aromatic rings. The molecule has 1 aromatic heterocycles. The molecule has 0 radical (unpaired) electrons. The highest BCUT2D eigenvalue weighted by Crippen LogP contribution is 2.25. The van der Waals surface area contributed by atoms with Gasteiger partial charge in [0.25, 0.3) is 11.8 Å². The predicted molar refractivity (Wildman–Crippen MR) is 102 cm³/mol. The first-order valence-electron chi connectivity index (χ1n) is 8.20. The standard InChI is InChI=1S/C18H18N4O4S/c1-21(2)20-17(26)13-9-10-27-18(13)19-16(25)11-3-5-12(6-4-11)22-14(23)7-8-15(22)24/h3-6,9-10H,7-8H2,1-2H3,(H,19,25)(H,20,26). The monoisotopic (exact) mass is 386 g/mol. The maximum Gasteiger partial charge on any atom is 0.268 e. The summed E-state index contributed by atoms with van der Waals surface area (Å²) in [4.78, 5) is 49.3. The number of nitrogens with zero attached hydrogens (tertiary/aromatic N) is 2. The highest BCUT2D eigenvalue weighted by molar-refractivity contribution is 7.14. The molecule has 9 heteroatoms. The Kier molecular flexibility index (Phi) is 5.33. The van der Waals surface area contributed by atoms with Crippen LogP contribution in [0.1, 0.15) is 33.6 Å². The van der Waals surface area contributed by atoms with Crippen LogP contribution in [0.4, 0.5) is 10.7 Å². The summed E-state index contributed by atoms with van der Waals surface area (Å²) in [6.07, 6.45) is 0.411. The highest BCUT2D eigenvalue weighted by Gasteiger charge is 2.30. The molecule has 0 aliphatic carbocycles. The summed E-state index contributed by atoms with van der Waals surface area (Å²) in [5.74, 6) is -1.19. The van der Waals surface area contributed by atoms with Crippen molar-refractivity contribution in [3.63, 3.8) is 0 Å². The first kappa shape index (κ1) is 18.7. The van der Waals surface area contributed by atoms with Gasteiger partial charge in [-0.3, -0.25) is 29.5 Å². The third-order valence-electron chi connectivity index (χ3n) is 3.90. The SMILES string of the molecule is CN(C)NC(=O)c1ccsc1NC(=O)c1ccc(N2C(=O)CCC2=O)cc1. The molecule has 2 heterocycles. The minimum absolute atomic E-state index is 0.206. The number of thiophene rings is 1. The summed E-state index contributed by atoms with van der Waals surface area (Å²) in [7, 11) is 3.39. The van der Waals surface area contributed by atoms with E-state index >= 15 is 0 Å². The van der Waals surface area contributed by atoms with Crippen molar-refractivity contribution >= 4 is 45.7 Å². The lowest BCUT2D eigenvalue weighted by atomic mass is 10.2. The Balaban J connectivity index is 1.72. The van der Waals surface area contributed by atoms with Crippen molar-refractivity contribution in [1.82, 2.24) is 10.4 Å². The summed E-state index contributed by atoms with van der Waals surface area (Å²) in [5, 5.41) is 6.39. The van der Waals surface area contributed by atoms with Gasteiger partial charge >= 0.3 is 0 Å². The molecule has 8 nitrogen and oxygen atoms in total. The molecule has 4 amide bonds. The van der Waals surface area contributed by atoms with Crippen molar-refractivity contribution in [3.8, 4) is 0 Å². The molecule has 1 aliphatic heterocycles. The van der Waals surface area contributed by atoms with Gasteiger partial charge in [0.1, 0.15) is 5.00 Å². The average Bonchev–Trinajstić information content (AvgIpc) is 3.21. The summed E-state index contributed by atoms with van der Waals surface area (Å²) in [6, 6.07) is 7.83. The van der Waals surface area contributed by atoms with Gasteiger partial charge in [0, 0.05) is 32.5 Å². The first-order chi connectivity index (χ1) is 12.9. The topological polar surface area (TPSA) is 98.8 Å². The zero-order chi connectivity index (χ0) is 19.6. The molecule has 0 bridgehead atoms. The van der Waals surface area contributed by atoms with Crippen LogP contribution in [0.2, 0.25) is 0 Å². The molecule has 1 aliphatic rings. The summed E-state index contributed by atoms with van der Waals surface area (Å²) < 4.78 is 0. The fourth-order valence-electron chi connectivity index (χ4n) is 2.65. The van der Waals surface area contributed by atoms with Crippen molar-refractivity contribution in [1.29, 1.82) is 0 Å². The fraction of sp³-hybridized carbons (Fsp3) is 0.222. The number of nitrogens with one attached hydrogen (secondary N) is 2. The largest absolute Gasteiger partial charge is 0.313 e. The number of carbonyl (C=O) groups is 4. The quantitative estimate of drug-likeness (QED) is 0.604. The second-order valence-corrected chi connectivity index (χ2v) is 7.04. The van der Waals surface area contributed by atoms with Gasteiger partial charge in [0.2, 0.25) is 11.8 Å². The van der Waals surface area contributed by atoms with Crippen molar-refractivity contribution in [2.75, 3.05) is 24.3 Å². The Bertz CT molecular complexity index is 888. The normalized spacial score (nSPS) is 14.0. The van der Waals surface area contributed by atoms with E-state index in [1.54, 1.807) is 37.7 Å². The van der Waals surface area contributed by atoms with Gasteiger partial charge in [0.15, 0.2) is 0 Å². The second-order valence-electron chi connectivity index (χ2n) is 6.12. The van der Waals surface area contributed by atoms with Gasteiger partial charge in [-0.1, -0.05) is 0 Å². The molecule has 0 spiro atoms. The zero-order valence-corrected chi connectivity index (χ0v) is 15.6. The van der Waals surface area contributed by atoms with Gasteiger partial charge < -0.3 is 5.32 Å². The number of hydrazine groups is 1. The molecule has 0 atom stereocenters. The van der Waals surface area contributed by atoms with Crippen LogP contribution in [0.25, 0.3) is 0 Å². The van der Waals surface area contributed by atoms with Crippen LogP contribution < -0.4 is 15.6 Å². The first-order valence-corrected chi connectivity index (χ1v) is 9.08. The van der Waals surface area contributed by atoms with Crippen LogP contribution in [0, 0.1) is 0 Å². The third-order valence-corrected chi connectivity index (χ3v) is 4.73. The molecule has 0 saturated carbocycles. The number of carbonyl (C=O) groups excluding carboxylic acids is 4. The summed E-state index contributed by atoms with van der Waals surface area (Å²) in [5.41, 5.74) is 3.79. The van der Waals surface area contributed by atoms with Crippen LogP contribution in [-0.2, 0) is 9.59 Å². The third kappa shape index (κ3) is 4.04.